The minimum Gasteiger partial charge on any atom is -0.481 e. The van der Waals surface area contributed by atoms with Crippen molar-refractivity contribution < 1.29 is 19.4 Å². The molecule has 0 spiro atoms. The molecule has 5 nitrogen and oxygen atoms in total. The molecule has 1 amide bonds. The molecule has 0 aliphatic heterocycles. The van der Waals surface area contributed by atoms with Crippen molar-refractivity contribution in [2.24, 2.45) is 0 Å². The Kier molecular flexibility index (Phi) is 5.70. The van der Waals surface area contributed by atoms with E-state index in [1.807, 2.05) is 19.1 Å². The summed E-state index contributed by atoms with van der Waals surface area (Å²) in [5.41, 5.74) is 0.649. The average molecular weight is 279 g/mol. The van der Waals surface area contributed by atoms with Crippen molar-refractivity contribution in [3.8, 4) is 0 Å². The van der Waals surface area contributed by atoms with E-state index in [2.05, 4.69) is 5.32 Å². The topological polar surface area (TPSA) is 75.6 Å². The van der Waals surface area contributed by atoms with Crippen molar-refractivity contribution in [3.05, 3.63) is 35.4 Å². The number of hydrogen-bond donors (Lipinski definition) is 2. The van der Waals surface area contributed by atoms with Gasteiger partial charge >= 0.3 is 5.97 Å². The molecule has 0 radical (unpaired) electrons. The molecule has 1 atom stereocenters. The third-order valence-electron chi connectivity index (χ3n) is 3.50. The molecule has 2 N–H and O–H groups in total. The van der Waals surface area contributed by atoms with Crippen LogP contribution in [0.3, 0.4) is 0 Å². The van der Waals surface area contributed by atoms with Crippen LogP contribution in [-0.4, -0.2) is 29.7 Å². The summed E-state index contributed by atoms with van der Waals surface area (Å²) in [4.78, 5) is 22.9. The second-order valence-corrected chi connectivity index (χ2v) is 4.81. The Morgan fingerprint density at radius 3 is 2.40 bits per heavy atom. The number of benzene rings is 1. The van der Waals surface area contributed by atoms with Gasteiger partial charge in [0.25, 0.3) is 5.91 Å². The highest BCUT2D eigenvalue weighted by Gasteiger charge is 2.30. The number of methoxy groups -OCH3 is 1. The molecule has 0 saturated carbocycles. The minimum atomic E-state index is -0.890. The van der Waals surface area contributed by atoms with Crippen molar-refractivity contribution >= 4 is 11.9 Å². The Hall–Kier alpha value is -1.88. The molecule has 110 valence electrons. The van der Waals surface area contributed by atoms with Gasteiger partial charge in [0, 0.05) is 13.7 Å². The lowest BCUT2D eigenvalue weighted by Crippen LogP contribution is -2.45. The number of rotatable bonds is 7. The molecule has 0 fully saturated rings. The summed E-state index contributed by atoms with van der Waals surface area (Å²) >= 11 is 0. The van der Waals surface area contributed by atoms with Crippen molar-refractivity contribution in [3.63, 3.8) is 0 Å². The number of carboxylic acids is 1. The Bertz CT molecular complexity index is 481. The van der Waals surface area contributed by atoms with Gasteiger partial charge in [0.15, 0.2) is 0 Å². The number of amides is 1. The minimum absolute atomic E-state index is 0.0542. The Morgan fingerprint density at radius 1 is 1.30 bits per heavy atom. The predicted molar refractivity (Wildman–Crippen MR) is 75.3 cm³/mol. The van der Waals surface area contributed by atoms with Gasteiger partial charge in [0.1, 0.15) is 5.60 Å². The second-order valence-electron chi connectivity index (χ2n) is 4.81. The summed E-state index contributed by atoms with van der Waals surface area (Å²) in [5, 5.41) is 11.7. The van der Waals surface area contributed by atoms with Crippen molar-refractivity contribution in [2.45, 2.75) is 38.8 Å². The van der Waals surface area contributed by atoms with Gasteiger partial charge in [-0.2, -0.15) is 0 Å². The number of aliphatic carboxylic acids is 1. The average Bonchev–Trinajstić information content (AvgIpc) is 2.44. The van der Waals surface area contributed by atoms with Crippen LogP contribution in [0.5, 0.6) is 0 Å². The summed E-state index contributed by atoms with van der Waals surface area (Å²) < 4.78 is 5.23. The third kappa shape index (κ3) is 4.06. The molecule has 0 heterocycles. The van der Waals surface area contributed by atoms with E-state index in [0.29, 0.717) is 18.5 Å². The maximum Gasteiger partial charge on any atom is 0.307 e. The van der Waals surface area contributed by atoms with E-state index in [0.717, 1.165) is 5.56 Å². The zero-order valence-electron chi connectivity index (χ0n) is 12.1. The van der Waals surface area contributed by atoms with Crippen LogP contribution in [0, 0.1) is 0 Å². The largest absolute Gasteiger partial charge is 0.481 e. The molecule has 1 unspecified atom stereocenters. The van der Waals surface area contributed by atoms with Crippen LogP contribution < -0.4 is 5.32 Å². The Morgan fingerprint density at radius 2 is 1.90 bits per heavy atom. The fourth-order valence-corrected chi connectivity index (χ4v) is 1.83. The van der Waals surface area contributed by atoms with Crippen molar-refractivity contribution in [1.29, 1.82) is 0 Å². The molecule has 1 aromatic rings. The van der Waals surface area contributed by atoms with Crippen LogP contribution >= 0.6 is 0 Å². The number of nitrogens with one attached hydrogen (secondary N) is 1. The highest BCUT2D eigenvalue weighted by atomic mass is 16.5. The molecule has 0 aliphatic rings. The van der Waals surface area contributed by atoms with Gasteiger partial charge in [-0.25, -0.2) is 0 Å². The molecule has 0 bridgehead atoms. The first kappa shape index (κ1) is 16.2. The third-order valence-corrected chi connectivity index (χ3v) is 3.50. The summed E-state index contributed by atoms with van der Waals surface area (Å²) in [6.45, 7) is 3.90. The van der Waals surface area contributed by atoms with E-state index in [-0.39, 0.29) is 12.3 Å². The summed E-state index contributed by atoms with van der Waals surface area (Å²) in [5.74, 6) is -1.09. The van der Waals surface area contributed by atoms with Crippen molar-refractivity contribution in [2.75, 3.05) is 7.11 Å². The quantitative estimate of drug-likeness (QED) is 0.797. The molecule has 1 rings (SSSR count). The molecule has 0 aliphatic carbocycles. The molecular weight excluding hydrogens is 258 g/mol. The van der Waals surface area contributed by atoms with E-state index in [1.165, 1.54) is 7.11 Å². The Balaban J connectivity index is 2.75. The Labute approximate surface area is 118 Å². The zero-order chi connectivity index (χ0) is 15.2. The summed E-state index contributed by atoms with van der Waals surface area (Å²) in [6, 6.07) is 7.18. The number of carbonyl (C=O) groups is 2. The lowest BCUT2D eigenvalue weighted by Gasteiger charge is -2.25. The van der Waals surface area contributed by atoms with E-state index >= 15 is 0 Å². The van der Waals surface area contributed by atoms with Crippen LogP contribution in [0.4, 0.5) is 0 Å². The zero-order valence-corrected chi connectivity index (χ0v) is 12.1. The molecule has 0 aromatic heterocycles. The summed E-state index contributed by atoms with van der Waals surface area (Å²) in [7, 11) is 1.50. The molecular formula is C15H21NO4. The van der Waals surface area contributed by atoms with Gasteiger partial charge in [-0.05, 0) is 24.5 Å². The number of carboxylic acid groups (broad SMARTS) is 1. The summed E-state index contributed by atoms with van der Waals surface area (Å²) in [6.07, 6.45) is 0.507. The van der Waals surface area contributed by atoms with E-state index < -0.39 is 11.6 Å². The van der Waals surface area contributed by atoms with E-state index in [9.17, 15) is 9.59 Å². The number of ether oxygens (including phenoxy) is 1. The SMILES string of the molecule is CCC(C)(OC)C(=O)NCc1ccccc1CC(=O)O. The fourth-order valence-electron chi connectivity index (χ4n) is 1.83. The number of carbonyl (C=O) groups excluding carboxylic acids is 1. The standard InChI is InChI=1S/C15H21NO4/c1-4-15(2,20-3)14(19)16-10-12-8-6-5-7-11(12)9-13(17)18/h5-8H,4,9-10H2,1-3H3,(H,16,19)(H,17,18). The molecule has 0 saturated heterocycles. The lowest BCUT2D eigenvalue weighted by molar-refractivity contribution is -0.142. The smallest absolute Gasteiger partial charge is 0.307 e. The van der Waals surface area contributed by atoms with Crippen LogP contribution in [0.2, 0.25) is 0 Å². The fraction of sp³-hybridized carbons (Fsp3) is 0.467. The highest BCUT2D eigenvalue weighted by molar-refractivity contribution is 5.84. The second kappa shape index (κ2) is 7.05. The molecule has 20 heavy (non-hydrogen) atoms. The first-order valence-electron chi connectivity index (χ1n) is 6.55. The maximum atomic E-state index is 12.1. The first-order valence-corrected chi connectivity index (χ1v) is 6.55. The van der Waals surface area contributed by atoms with E-state index in [4.69, 9.17) is 9.84 Å². The predicted octanol–water partition coefficient (Wildman–Crippen LogP) is 1.74. The van der Waals surface area contributed by atoms with Gasteiger partial charge < -0.3 is 15.2 Å². The van der Waals surface area contributed by atoms with Gasteiger partial charge in [-0.1, -0.05) is 31.2 Å². The normalized spacial score (nSPS) is 13.6. The molecule has 1 aromatic carbocycles. The monoisotopic (exact) mass is 279 g/mol. The van der Waals surface area contributed by atoms with Crippen LogP contribution in [0.1, 0.15) is 31.4 Å². The molecule has 5 heteroatoms. The van der Waals surface area contributed by atoms with Gasteiger partial charge in [-0.15, -0.1) is 0 Å². The van der Waals surface area contributed by atoms with Crippen LogP contribution in [0.25, 0.3) is 0 Å². The van der Waals surface area contributed by atoms with E-state index in [1.54, 1.807) is 19.1 Å². The van der Waals surface area contributed by atoms with Crippen LogP contribution in [0.15, 0.2) is 24.3 Å². The highest BCUT2D eigenvalue weighted by Crippen LogP contribution is 2.15. The van der Waals surface area contributed by atoms with Gasteiger partial charge in [0.05, 0.1) is 6.42 Å². The lowest BCUT2D eigenvalue weighted by atomic mass is 10.0. The van der Waals surface area contributed by atoms with Crippen LogP contribution in [-0.2, 0) is 27.3 Å². The maximum absolute atomic E-state index is 12.1. The van der Waals surface area contributed by atoms with Gasteiger partial charge in [0.2, 0.25) is 0 Å². The van der Waals surface area contributed by atoms with Gasteiger partial charge in [-0.3, -0.25) is 9.59 Å². The van der Waals surface area contributed by atoms with Crippen molar-refractivity contribution in [1.82, 2.24) is 5.32 Å². The number of hydrogen-bond acceptors (Lipinski definition) is 3. The first-order chi connectivity index (χ1) is 9.42.